The van der Waals surface area contributed by atoms with Gasteiger partial charge in [-0.05, 0) is 19.9 Å². The molecule has 1 aromatic rings. The van der Waals surface area contributed by atoms with Crippen LogP contribution in [0, 0.1) is 6.92 Å². The average molecular weight is 252 g/mol. The van der Waals surface area contributed by atoms with Crippen molar-refractivity contribution in [1.29, 1.82) is 0 Å². The summed E-state index contributed by atoms with van der Waals surface area (Å²) in [4.78, 5) is 4.83. The lowest BCUT2D eigenvalue weighted by Crippen LogP contribution is -2.13. The van der Waals surface area contributed by atoms with E-state index in [2.05, 4.69) is 10.3 Å². The Morgan fingerprint density at radius 2 is 2.06 bits per heavy atom. The van der Waals surface area contributed by atoms with Gasteiger partial charge < -0.3 is 5.32 Å². The van der Waals surface area contributed by atoms with E-state index in [0.717, 1.165) is 29.2 Å². The quantitative estimate of drug-likeness (QED) is 0.815. The van der Waals surface area contributed by atoms with Gasteiger partial charge in [0.15, 0.2) is 0 Å². The second-order valence-corrected chi connectivity index (χ2v) is 4.75. The Kier molecular flexibility index (Phi) is 4.73. The zero-order valence-electron chi connectivity index (χ0n) is 9.32. The van der Waals surface area contributed by atoms with E-state index in [4.69, 9.17) is 0 Å². The summed E-state index contributed by atoms with van der Waals surface area (Å²) in [6, 6.07) is 0. The van der Waals surface area contributed by atoms with Gasteiger partial charge in [0.2, 0.25) is 0 Å². The van der Waals surface area contributed by atoms with E-state index < -0.39 is 12.6 Å². The van der Waals surface area contributed by atoms with E-state index in [1.807, 2.05) is 6.92 Å². The molecule has 0 atom stereocenters. The molecule has 0 amide bonds. The molecule has 0 radical (unpaired) electrons. The highest BCUT2D eigenvalue weighted by atomic mass is 32.1. The molecule has 92 valence electrons. The molecule has 1 aromatic heterocycles. The number of rotatable bonds is 5. The summed E-state index contributed by atoms with van der Waals surface area (Å²) in [5.74, 6) is 0. The van der Waals surface area contributed by atoms with Crippen LogP contribution in [-0.2, 0) is 13.0 Å². The fourth-order valence-electron chi connectivity index (χ4n) is 1.28. The molecule has 0 aliphatic carbocycles. The van der Waals surface area contributed by atoms with Crippen LogP contribution in [-0.4, -0.2) is 17.7 Å². The molecule has 0 saturated heterocycles. The number of aromatic nitrogens is 1. The molecule has 16 heavy (non-hydrogen) atoms. The summed E-state index contributed by atoms with van der Waals surface area (Å²) in [6.07, 6.45) is -4.09. The Bertz CT molecular complexity index is 333. The van der Waals surface area contributed by atoms with Gasteiger partial charge >= 0.3 is 6.18 Å². The van der Waals surface area contributed by atoms with Gasteiger partial charge in [-0.15, -0.1) is 11.3 Å². The molecule has 1 rings (SSSR count). The highest BCUT2D eigenvalue weighted by Gasteiger charge is 2.29. The highest BCUT2D eigenvalue weighted by Crippen LogP contribution is 2.26. The van der Waals surface area contributed by atoms with Gasteiger partial charge in [-0.1, -0.05) is 6.92 Å². The molecular weight excluding hydrogens is 237 g/mol. The van der Waals surface area contributed by atoms with Crippen LogP contribution in [0.2, 0.25) is 0 Å². The lowest BCUT2D eigenvalue weighted by atomic mass is 10.3. The summed E-state index contributed by atoms with van der Waals surface area (Å²) >= 11 is 1.14. The fourth-order valence-corrected chi connectivity index (χ4v) is 2.35. The van der Waals surface area contributed by atoms with Crippen LogP contribution < -0.4 is 5.32 Å². The van der Waals surface area contributed by atoms with Crippen LogP contribution in [0.15, 0.2) is 0 Å². The first-order valence-electron chi connectivity index (χ1n) is 5.15. The molecule has 0 aromatic carbocycles. The van der Waals surface area contributed by atoms with Gasteiger partial charge in [-0.25, -0.2) is 4.98 Å². The summed E-state index contributed by atoms with van der Waals surface area (Å²) in [6.45, 7) is 5.27. The van der Waals surface area contributed by atoms with Crippen molar-refractivity contribution in [3.05, 3.63) is 15.6 Å². The van der Waals surface area contributed by atoms with Crippen LogP contribution in [0.3, 0.4) is 0 Å². The third-order valence-corrected chi connectivity index (χ3v) is 3.16. The minimum Gasteiger partial charge on any atom is -0.312 e. The minimum absolute atomic E-state index is 0.151. The number of aryl methyl sites for hydroxylation is 1. The standard InChI is InChI=1S/C10H15F3N2S/c1-3-4-14-6-8-7(2)15-9(16-8)5-10(11,12)13/h14H,3-6H2,1-2H3. The molecular formula is C10H15F3N2S. The maximum Gasteiger partial charge on any atom is 0.395 e. The lowest BCUT2D eigenvalue weighted by molar-refractivity contribution is -0.127. The average Bonchev–Trinajstić information content (AvgIpc) is 2.44. The van der Waals surface area contributed by atoms with Crippen molar-refractivity contribution >= 4 is 11.3 Å². The smallest absolute Gasteiger partial charge is 0.312 e. The van der Waals surface area contributed by atoms with Crippen LogP contribution >= 0.6 is 11.3 Å². The summed E-state index contributed by atoms with van der Waals surface area (Å²) in [7, 11) is 0. The van der Waals surface area contributed by atoms with Gasteiger partial charge in [0.1, 0.15) is 5.01 Å². The molecule has 0 bridgehead atoms. The Labute approximate surface area is 96.9 Å². The Morgan fingerprint density at radius 1 is 1.38 bits per heavy atom. The number of halogens is 3. The van der Waals surface area contributed by atoms with Gasteiger partial charge in [0.25, 0.3) is 0 Å². The summed E-state index contributed by atoms with van der Waals surface area (Å²) in [5.41, 5.74) is 0.702. The topological polar surface area (TPSA) is 24.9 Å². The first-order valence-corrected chi connectivity index (χ1v) is 5.96. The first-order chi connectivity index (χ1) is 7.42. The number of hydrogen-bond donors (Lipinski definition) is 1. The predicted molar refractivity (Wildman–Crippen MR) is 58.6 cm³/mol. The van der Waals surface area contributed by atoms with E-state index >= 15 is 0 Å². The molecule has 0 saturated carbocycles. The van der Waals surface area contributed by atoms with Crippen molar-refractivity contribution in [3.8, 4) is 0 Å². The Hall–Kier alpha value is -0.620. The second-order valence-electron chi connectivity index (χ2n) is 3.58. The van der Waals surface area contributed by atoms with Crippen molar-refractivity contribution in [2.75, 3.05) is 6.54 Å². The molecule has 0 aliphatic rings. The van der Waals surface area contributed by atoms with Crippen molar-refractivity contribution in [2.24, 2.45) is 0 Å². The van der Waals surface area contributed by atoms with Crippen LogP contribution in [0.5, 0.6) is 0 Å². The number of thiazole rings is 1. The van der Waals surface area contributed by atoms with Gasteiger partial charge in [0, 0.05) is 11.4 Å². The van der Waals surface area contributed by atoms with Crippen molar-refractivity contribution in [3.63, 3.8) is 0 Å². The minimum atomic E-state index is -4.17. The molecule has 0 unspecified atom stereocenters. The van der Waals surface area contributed by atoms with E-state index in [0.29, 0.717) is 12.2 Å². The largest absolute Gasteiger partial charge is 0.395 e. The lowest BCUT2D eigenvalue weighted by Gasteiger charge is -2.01. The van der Waals surface area contributed by atoms with Gasteiger partial charge in [-0.2, -0.15) is 13.2 Å². The molecule has 0 spiro atoms. The maximum atomic E-state index is 12.1. The number of alkyl halides is 3. The molecule has 1 N–H and O–H groups in total. The van der Waals surface area contributed by atoms with E-state index in [-0.39, 0.29) is 5.01 Å². The van der Waals surface area contributed by atoms with E-state index in [1.165, 1.54) is 0 Å². The zero-order valence-corrected chi connectivity index (χ0v) is 10.1. The van der Waals surface area contributed by atoms with Crippen molar-refractivity contribution < 1.29 is 13.2 Å². The van der Waals surface area contributed by atoms with Gasteiger partial charge in [0.05, 0.1) is 12.1 Å². The number of nitrogens with one attached hydrogen (secondary N) is 1. The molecule has 2 nitrogen and oxygen atoms in total. The monoisotopic (exact) mass is 252 g/mol. The number of nitrogens with zero attached hydrogens (tertiary/aromatic N) is 1. The van der Waals surface area contributed by atoms with Crippen LogP contribution in [0.4, 0.5) is 13.2 Å². The van der Waals surface area contributed by atoms with Crippen LogP contribution in [0.1, 0.15) is 28.9 Å². The third-order valence-electron chi connectivity index (χ3n) is 2.00. The molecule has 0 fully saturated rings. The molecule has 1 heterocycles. The maximum absolute atomic E-state index is 12.1. The van der Waals surface area contributed by atoms with Crippen molar-refractivity contribution in [1.82, 2.24) is 10.3 Å². The molecule has 0 aliphatic heterocycles. The normalized spacial score (nSPS) is 12.1. The summed E-state index contributed by atoms with van der Waals surface area (Å²) < 4.78 is 36.4. The van der Waals surface area contributed by atoms with Crippen molar-refractivity contribution in [2.45, 2.75) is 39.4 Å². The van der Waals surface area contributed by atoms with Gasteiger partial charge in [-0.3, -0.25) is 0 Å². The fraction of sp³-hybridized carbons (Fsp3) is 0.700. The van der Waals surface area contributed by atoms with Crippen LogP contribution in [0.25, 0.3) is 0 Å². The summed E-state index contributed by atoms with van der Waals surface area (Å²) in [5, 5.41) is 3.31. The van der Waals surface area contributed by atoms with E-state index in [9.17, 15) is 13.2 Å². The molecule has 6 heteroatoms. The predicted octanol–water partition coefficient (Wildman–Crippen LogP) is 3.06. The Balaban J connectivity index is 2.59. The first kappa shape index (κ1) is 13.4. The van der Waals surface area contributed by atoms with E-state index in [1.54, 1.807) is 6.92 Å². The Morgan fingerprint density at radius 3 is 2.62 bits per heavy atom. The second kappa shape index (κ2) is 5.63. The number of hydrogen-bond acceptors (Lipinski definition) is 3. The SMILES string of the molecule is CCCNCc1sc(CC(F)(F)F)nc1C. The third kappa shape index (κ3) is 4.49. The highest BCUT2D eigenvalue weighted by molar-refractivity contribution is 7.11. The zero-order chi connectivity index (χ0) is 12.2.